The van der Waals surface area contributed by atoms with Crippen LogP contribution >= 0.6 is 11.6 Å². The normalized spacial score (nSPS) is 12.5. The minimum atomic E-state index is -3.46. The summed E-state index contributed by atoms with van der Waals surface area (Å²) in [7, 11) is -3.46. The van der Waals surface area contributed by atoms with Crippen LogP contribution in [0.4, 0.5) is 0 Å². The molecule has 138 valence electrons. The second-order valence-electron chi connectivity index (χ2n) is 5.87. The van der Waals surface area contributed by atoms with Gasteiger partial charge < -0.3 is 4.74 Å². The number of carbonyl (C=O) groups is 2. The molecule has 0 N–H and O–H groups in total. The lowest BCUT2D eigenvalue weighted by molar-refractivity contribution is -0.143. The Kier molecular flexibility index (Phi) is 6.21. The van der Waals surface area contributed by atoms with E-state index in [1.165, 1.54) is 18.2 Å². The molecule has 0 aromatic heterocycles. The van der Waals surface area contributed by atoms with E-state index in [4.69, 9.17) is 16.3 Å². The van der Waals surface area contributed by atoms with Crippen LogP contribution in [0.1, 0.15) is 34.3 Å². The van der Waals surface area contributed by atoms with Crippen LogP contribution in [0.5, 0.6) is 0 Å². The summed E-state index contributed by atoms with van der Waals surface area (Å²) >= 11 is 6.13. The highest BCUT2D eigenvalue weighted by molar-refractivity contribution is 7.90. The van der Waals surface area contributed by atoms with Gasteiger partial charge >= 0.3 is 5.97 Å². The minimum Gasteiger partial charge on any atom is -0.465 e. The average molecular weight is 395 g/mol. The van der Waals surface area contributed by atoms with E-state index in [1.54, 1.807) is 31.2 Å². The van der Waals surface area contributed by atoms with E-state index in [1.807, 2.05) is 6.92 Å². The standard InChI is InChI=1S/C19H19ClO5S/c1-4-25-19(22)17(13-7-5-12(2)6-8-13)18(21)15-10-9-14(11-16(15)20)26(3,23)24/h5-11,17H,4H2,1-3H3/t17-/m1/s1. The van der Waals surface area contributed by atoms with Crippen molar-refractivity contribution in [1.29, 1.82) is 0 Å². The summed E-state index contributed by atoms with van der Waals surface area (Å²) in [5, 5.41) is -0.0284. The van der Waals surface area contributed by atoms with Gasteiger partial charge in [0, 0.05) is 11.8 Å². The number of hydrogen-bond acceptors (Lipinski definition) is 5. The van der Waals surface area contributed by atoms with Crippen molar-refractivity contribution in [3.63, 3.8) is 0 Å². The first-order valence-corrected chi connectivity index (χ1v) is 10.2. The predicted molar refractivity (Wildman–Crippen MR) is 99.4 cm³/mol. The lowest BCUT2D eigenvalue weighted by Crippen LogP contribution is -2.24. The SMILES string of the molecule is CCOC(=O)[C@@H](C(=O)c1ccc(S(C)(=O)=O)cc1Cl)c1ccc(C)cc1. The van der Waals surface area contributed by atoms with Gasteiger partial charge in [0.05, 0.1) is 16.5 Å². The van der Waals surface area contributed by atoms with Crippen molar-refractivity contribution < 1.29 is 22.7 Å². The summed E-state index contributed by atoms with van der Waals surface area (Å²) in [5.41, 5.74) is 1.54. The van der Waals surface area contributed by atoms with Crippen LogP contribution in [0.3, 0.4) is 0 Å². The van der Waals surface area contributed by atoms with Crippen LogP contribution in [-0.2, 0) is 19.4 Å². The highest BCUT2D eigenvalue weighted by Gasteiger charge is 2.32. The van der Waals surface area contributed by atoms with E-state index in [0.717, 1.165) is 11.8 Å². The molecule has 2 rings (SSSR count). The van der Waals surface area contributed by atoms with Crippen molar-refractivity contribution in [2.45, 2.75) is 24.7 Å². The maximum Gasteiger partial charge on any atom is 0.321 e. The fourth-order valence-corrected chi connectivity index (χ4v) is 3.45. The summed E-state index contributed by atoms with van der Waals surface area (Å²) in [5.74, 6) is -2.39. The van der Waals surface area contributed by atoms with Gasteiger partial charge in [-0.05, 0) is 37.6 Å². The second kappa shape index (κ2) is 8.01. The predicted octanol–water partition coefficient (Wildman–Crippen LogP) is 3.58. The van der Waals surface area contributed by atoms with E-state index in [2.05, 4.69) is 0 Å². The number of sulfone groups is 1. The van der Waals surface area contributed by atoms with Crippen LogP contribution < -0.4 is 0 Å². The highest BCUT2D eigenvalue weighted by atomic mass is 35.5. The summed E-state index contributed by atoms with van der Waals surface area (Å²) in [4.78, 5) is 25.4. The Bertz CT molecular complexity index is 933. The van der Waals surface area contributed by atoms with Crippen LogP contribution in [0.25, 0.3) is 0 Å². The molecule has 0 saturated carbocycles. The van der Waals surface area contributed by atoms with Crippen LogP contribution in [-0.4, -0.2) is 33.0 Å². The lowest BCUT2D eigenvalue weighted by Gasteiger charge is -2.16. The summed E-state index contributed by atoms with van der Waals surface area (Å²) in [6.07, 6.45) is 1.05. The maximum atomic E-state index is 13.0. The minimum absolute atomic E-state index is 0.00192. The van der Waals surface area contributed by atoms with E-state index >= 15 is 0 Å². The van der Waals surface area contributed by atoms with Crippen LogP contribution in [0.15, 0.2) is 47.4 Å². The molecule has 0 unspecified atom stereocenters. The number of halogens is 1. The molecule has 0 amide bonds. The Morgan fingerprint density at radius 3 is 2.23 bits per heavy atom. The molecular formula is C19H19ClO5S. The zero-order chi connectivity index (χ0) is 19.5. The van der Waals surface area contributed by atoms with Gasteiger partial charge in [0.2, 0.25) is 0 Å². The third-order valence-corrected chi connectivity index (χ3v) is 5.25. The van der Waals surface area contributed by atoms with Crippen molar-refractivity contribution in [2.75, 3.05) is 12.9 Å². The number of esters is 1. The van der Waals surface area contributed by atoms with Gasteiger partial charge in [-0.2, -0.15) is 0 Å². The molecule has 5 nitrogen and oxygen atoms in total. The number of aryl methyl sites for hydroxylation is 1. The molecule has 0 aliphatic carbocycles. The summed E-state index contributed by atoms with van der Waals surface area (Å²) in [6, 6.07) is 10.8. The Morgan fingerprint density at radius 1 is 1.12 bits per heavy atom. The molecule has 2 aromatic carbocycles. The lowest BCUT2D eigenvalue weighted by atomic mass is 9.90. The van der Waals surface area contributed by atoms with Gasteiger partial charge in [0.25, 0.3) is 0 Å². The van der Waals surface area contributed by atoms with E-state index in [0.29, 0.717) is 5.56 Å². The molecule has 0 saturated heterocycles. The number of ether oxygens (including phenoxy) is 1. The van der Waals surface area contributed by atoms with Crippen molar-refractivity contribution >= 4 is 33.2 Å². The monoisotopic (exact) mass is 394 g/mol. The number of benzene rings is 2. The largest absolute Gasteiger partial charge is 0.465 e. The number of carbonyl (C=O) groups excluding carboxylic acids is 2. The highest BCUT2D eigenvalue weighted by Crippen LogP contribution is 2.28. The smallest absolute Gasteiger partial charge is 0.321 e. The zero-order valence-corrected chi connectivity index (χ0v) is 16.2. The third-order valence-electron chi connectivity index (χ3n) is 3.83. The van der Waals surface area contributed by atoms with Crippen molar-refractivity contribution in [3.8, 4) is 0 Å². The molecular weight excluding hydrogens is 376 g/mol. The summed E-state index contributed by atoms with van der Waals surface area (Å²) in [6.45, 7) is 3.68. The molecule has 0 aliphatic heterocycles. The number of rotatable bonds is 6. The van der Waals surface area contributed by atoms with Gasteiger partial charge in [-0.3, -0.25) is 9.59 Å². The molecule has 1 atom stereocenters. The van der Waals surface area contributed by atoms with Gasteiger partial charge in [0.1, 0.15) is 5.92 Å². The Balaban J connectivity index is 2.50. The Hall–Kier alpha value is -2.18. The fourth-order valence-electron chi connectivity index (χ4n) is 2.46. The molecule has 26 heavy (non-hydrogen) atoms. The van der Waals surface area contributed by atoms with Crippen molar-refractivity contribution in [2.24, 2.45) is 0 Å². The number of hydrogen-bond donors (Lipinski definition) is 0. The molecule has 2 aromatic rings. The number of ketones is 1. The Labute approximate surface area is 157 Å². The third kappa shape index (κ3) is 4.51. The summed E-state index contributed by atoms with van der Waals surface area (Å²) < 4.78 is 28.3. The molecule has 0 spiro atoms. The Morgan fingerprint density at radius 2 is 1.73 bits per heavy atom. The van der Waals surface area contributed by atoms with Crippen LogP contribution in [0.2, 0.25) is 5.02 Å². The zero-order valence-electron chi connectivity index (χ0n) is 14.7. The maximum absolute atomic E-state index is 13.0. The first kappa shape index (κ1) is 20.1. The average Bonchev–Trinajstić information content (AvgIpc) is 2.56. The molecule has 7 heteroatoms. The van der Waals surface area contributed by atoms with Crippen LogP contribution in [0, 0.1) is 6.92 Å². The van der Waals surface area contributed by atoms with E-state index < -0.39 is 27.5 Å². The van der Waals surface area contributed by atoms with Gasteiger partial charge in [0.15, 0.2) is 15.6 Å². The molecule has 0 aliphatic rings. The quantitative estimate of drug-likeness (QED) is 0.425. The molecule has 0 radical (unpaired) electrons. The molecule has 0 fully saturated rings. The fraction of sp³-hybridized carbons (Fsp3) is 0.263. The first-order chi connectivity index (χ1) is 12.1. The van der Waals surface area contributed by atoms with Gasteiger partial charge in [-0.1, -0.05) is 41.4 Å². The number of Topliss-reactive ketones (excluding diaryl/α,β-unsaturated/α-hetero) is 1. The van der Waals surface area contributed by atoms with Crippen molar-refractivity contribution in [1.82, 2.24) is 0 Å². The second-order valence-corrected chi connectivity index (χ2v) is 8.30. The van der Waals surface area contributed by atoms with Gasteiger partial charge in [-0.15, -0.1) is 0 Å². The topological polar surface area (TPSA) is 77.5 Å². The van der Waals surface area contributed by atoms with Gasteiger partial charge in [-0.25, -0.2) is 8.42 Å². The molecule has 0 bridgehead atoms. The van der Waals surface area contributed by atoms with E-state index in [-0.39, 0.29) is 22.1 Å². The van der Waals surface area contributed by atoms with Crippen molar-refractivity contribution in [3.05, 3.63) is 64.2 Å². The molecule has 0 heterocycles. The first-order valence-electron chi connectivity index (χ1n) is 7.92. The van der Waals surface area contributed by atoms with E-state index in [9.17, 15) is 18.0 Å².